The average molecular weight is 464 g/mol. The third kappa shape index (κ3) is 5.14. The molecule has 4 atom stereocenters. The molecule has 2 heterocycles. The first-order chi connectivity index (χ1) is 16.6. The molecule has 4 N–H and O–H groups in total. The molecular weight excluding hydrogens is 426 g/mol. The monoisotopic (exact) mass is 463 g/mol. The summed E-state index contributed by atoms with van der Waals surface area (Å²) in [4.78, 5) is 18.9. The van der Waals surface area contributed by atoms with E-state index < -0.39 is 5.91 Å². The number of primary amides is 1. The number of nitrogens with two attached hydrogens (primary N) is 1. The van der Waals surface area contributed by atoms with Crippen molar-refractivity contribution >= 4 is 28.8 Å². The van der Waals surface area contributed by atoms with Crippen molar-refractivity contribution < 1.29 is 9.53 Å². The van der Waals surface area contributed by atoms with Crippen LogP contribution in [0.15, 0.2) is 36.5 Å². The molecule has 2 aliphatic carbocycles. The van der Waals surface area contributed by atoms with E-state index >= 15 is 0 Å². The van der Waals surface area contributed by atoms with Gasteiger partial charge in [-0.15, -0.1) is 0 Å². The summed E-state index contributed by atoms with van der Waals surface area (Å²) in [6.07, 6.45) is 9.24. The Bertz CT molecular complexity index is 989. The van der Waals surface area contributed by atoms with Crippen molar-refractivity contribution in [2.24, 2.45) is 23.5 Å². The lowest BCUT2D eigenvalue weighted by atomic mass is 9.65. The van der Waals surface area contributed by atoms with E-state index in [0.29, 0.717) is 23.3 Å². The van der Waals surface area contributed by atoms with E-state index in [1.807, 2.05) is 6.07 Å². The minimum absolute atomic E-state index is 0.381. The number of rotatable bonds is 7. The second-order valence-electron chi connectivity index (χ2n) is 10.2. The van der Waals surface area contributed by atoms with Crippen molar-refractivity contribution in [3.63, 3.8) is 0 Å². The zero-order valence-electron chi connectivity index (χ0n) is 20.1. The van der Waals surface area contributed by atoms with E-state index in [1.165, 1.54) is 37.8 Å². The molecule has 182 valence electrons. The lowest BCUT2D eigenvalue weighted by Crippen LogP contribution is -2.40. The number of hydrogen-bond donors (Lipinski definition) is 3. The van der Waals surface area contributed by atoms with Gasteiger partial charge in [0.05, 0.1) is 24.5 Å². The largest absolute Gasteiger partial charge is 0.381 e. The molecule has 3 aliphatic rings. The summed E-state index contributed by atoms with van der Waals surface area (Å²) in [6, 6.07) is 10.7. The summed E-state index contributed by atoms with van der Waals surface area (Å²) in [5.41, 5.74) is 9.10. The third-order valence-electron chi connectivity index (χ3n) is 8.00. The van der Waals surface area contributed by atoms with Crippen LogP contribution in [0.25, 0.3) is 0 Å². The highest BCUT2D eigenvalue weighted by Gasteiger charge is 2.37. The smallest absolute Gasteiger partial charge is 0.252 e. The summed E-state index contributed by atoms with van der Waals surface area (Å²) in [6.45, 7) is 5.69. The zero-order chi connectivity index (χ0) is 23.5. The summed E-state index contributed by atoms with van der Waals surface area (Å²) < 4.78 is 5.45. The maximum Gasteiger partial charge on any atom is 0.252 e. The number of nitrogens with zero attached hydrogens (tertiary/aromatic N) is 2. The number of nitrogens with one attached hydrogen (secondary N) is 2. The first-order valence-corrected chi connectivity index (χ1v) is 12.8. The molecule has 2 saturated carbocycles. The van der Waals surface area contributed by atoms with Crippen LogP contribution in [-0.4, -0.2) is 43.2 Å². The van der Waals surface area contributed by atoms with Gasteiger partial charge in [-0.1, -0.05) is 13.3 Å². The predicted molar refractivity (Wildman–Crippen MR) is 137 cm³/mol. The number of pyridine rings is 1. The van der Waals surface area contributed by atoms with Crippen LogP contribution in [0.2, 0.25) is 0 Å². The second-order valence-corrected chi connectivity index (χ2v) is 10.2. The van der Waals surface area contributed by atoms with Gasteiger partial charge in [-0.3, -0.25) is 4.79 Å². The Morgan fingerprint density at radius 2 is 1.94 bits per heavy atom. The molecule has 2 bridgehead atoms. The van der Waals surface area contributed by atoms with Crippen LogP contribution in [0, 0.1) is 17.8 Å². The maximum atomic E-state index is 12.1. The molecular formula is C27H37N5O2. The van der Waals surface area contributed by atoms with Crippen molar-refractivity contribution in [2.75, 3.05) is 41.8 Å². The zero-order valence-corrected chi connectivity index (χ0v) is 20.1. The maximum absolute atomic E-state index is 12.1. The highest BCUT2D eigenvalue weighted by Crippen LogP contribution is 2.44. The van der Waals surface area contributed by atoms with Gasteiger partial charge in [0.1, 0.15) is 5.82 Å². The van der Waals surface area contributed by atoms with Gasteiger partial charge in [0.2, 0.25) is 0 Å². The fraction of sp³-hybridized carbons (Fsp3) is 0.556. The van der Waals surface area contributed by atoms with E-state index in [0.717, 1.165) is 55.9 Å². The van der Waals surface area contributed by atoms with Gasteiger partial charge in [0, 0.05) is 42.8 Å². The van der Waals surface area contributed by atoms with E-state index in [1.54, 1.807) is 6.20 Å². The molecule has 4 unspecified atom stereocenters. The normalized spacial score (nSPS) is 26.7. The Kier molecular flexibility index (Phi) is 6.90. The van der Waals surface area contributed by atoms with Gasteiger partial charge in [-0.2, -0.15) is 0 Å². The number of ether oxygens (including phenoxy) is 1. The lowest BCUT2D eigenvalue weighted by molar-refractivity contribution is 0.1000. The van der Waals surface area contributed by atoms with Crippen LogP contribution in [0.3, 0.4) is 0 Å². The standard InChI is InChI=1S/C27H37N5O2/c1-2-18-13-19-3-8-24(20(14-18)15-19)31-25-16-26(29-17-23(25)27(28)33)30-21-4-6-22(7-5-21)32-9-11-34-12-10-32/h4-7,16-20,24H,2-3,8-15H2,1H3,(H2,28,33)(H2,29,30,31). The molecule has 1 saturated heterocycles. The highest BCUT2D eigenvalue weighted by atomic mass is 16.5. The third-order valence-corrected chi connectivity index (χ3v) is 8.00. The highest BCUT2D eigenvalue weighted by molar-refractivity contribution is 5.98. The average Bonchev–Trinajstić information content (AvgIpc) is 2.86. The molecule has 34 heavy (non-hydrogen) atoms. The topological polar surface area (TPSA) is 92.5 Å². The summed E-state index contributed by atoms with van der Waals surface area (Å²) >= 11 is 0. The summed E-state index contributed by atoms with van der Waals surface area (Å²) in [5.74, 6) is 2.62. The fourth-order valence-corrected chi connectivity index (χ4v) is 6.12. The van der Waals surface area contributed by atoms with Gasteiger partial charge in [0.25, 0.3) is 5.91 Å². The molecule has 0 radical (unpaired) electrons. The number of fused-ring (bicyclic) bond motifs is 2. The van der Waals surface area contributed by atoms with Crippen molar-refractivity contribution in [2.45, 2.75) is 51.5 Å². The molecule has 3 fully saturated rings. The minimum atomic E-state index is -0.444. The van der Waals surface area contributed by atoms with Gasteiger partial charge >= 0.3 is 0 Å². The number of anilines is 4. The number of hydrogen-bond acceptors (Lipinski definition) is 6. The predicted octanol–water partition coefficient (Wildman–Crippen LogP) is 4.78. The molecule has 7 heteroatoms. The molecule has 1 aromatic carbocycles. The summed E-state index contributed by atoms with van der Waals surface area (Å²) in [7, 11) is 0. The van der Waals surface area contributed by atoms with Crippen LogP contribution in [0.5, 0.6) is 0 Å². The van der Waals surface area contributed by atoms with Crippen LogP contribution in [0.1, 0.15) is 55.8 Å². The second kappa shape index (κ2) is 10.2. The van der Waals surface area contributed by atoms with Crippen LogP contribution < -0.4 is 21.3 Å². The van der Waals surface area contributed by atoms with Crippen LogP contribution in [0.4, 0.5) is 22.9 Å². The first-order valence-electron chi connectivity index (χ1n) is 12.8. The number of amides is 1. The molecule has 1 amide bonds. The van der Waals surface area contributed by atoms with Crippen LogP contribution >= 0.6 is 0 Å². The Hall–Kier alpha value is -2.80. The Morgan fingerprint density at radius 1 is 1.15 bits per heavy atom. The van der Waals surface area contributed by atoms with E-state index in [4.69, 9.17) is 10.5 Å². The van der Waals surface area contributed by atoms with Crippen molar-refractivity contribution in [1.29, 1.82) is 0 Å². The quantitative estimate of drug-likeness (QED) is 0.547. The van der Waals surface area contributed by atoms with Gasteiger partial charge < -0.3 is 26.0 Å². The number of carbonyl (C=O) groups excluding carboxylic acids is 1. The van der Waals surface area contributed by atoms with Crippen LogP contribution in [-0.2, 0) is 4.74 Å². The number of benzene rings is 1. The van der Waals surface area contributed by atoms with E-state index in [-0.39, 0.29) is 0 Å². The van der Waals surface area contributed by atoms with Gasteiger partial charge in [0.15, 0.2) is 0 Å². The molecule has 1 aromatic heterocycles. The Labute approximate surface area is 202 Å². The number of morpholine rings is 1. The van der Waals surface area contributed by atoms with Crippen molar-refractivity contribution in [3.8, 4) is 0 Å². The van der Waals surface area contributed by atoms with E-state index in [2.05, 4.69) is 51.7 Å². The minimum Gasteiger partial charge on any atom is -0.381 e. The van der Waals surface area contributed by atoms with Gasteiger partial charge in [-0.05, 0) is 74.1 Å². The first kappa shape index (κ1) is 23.0. The van der Waals surface area contributed by atoms with E-state index in [9.17, 15) is 4.79 Å². The molecule has 0 spiro atoms. The van der Waals surface area contributed by atoms with Gasteiger partial charge in [-0.25, -0.2) is 4.98 Å². The Morgan fingerprint density at radius 3 is 2.68 bits per heavy atom. The molecule has 1 aliphatic heterocycles. The lowest BCUT2D eigenvalue weighted by Gasteiger charge is -2.44. The fourth-order valence-electron chi connectivity index (χ4n) is 6.12. The molecule has 7 nitrogen and oxygen atoms in total. The van der Waals surface area contributed by atoms with Crippen molar-refractivity contribution in [1.82, 2.24) is 4.98 Å². The molecule has 2 aromatic rings. The number of aromatic nitrogens is 1. The Balaban J connectivity index is 1.30. The molecule has 5 rings (SSSR count). The number of carbonyl (C=O) groups is 1. The SMILES string of the molecule is CCC1CC2CCC(Nc3cc(Nc4ccc(N5CCOCC5)cc4)ncc3C(N)=O)C(C1)C2. The van der Waals surface area contributed by atoms with Crippen molar-refractivity contribution in [3.05, 3.63) is 42.1 Å². The summed E-state index contributed by atoms with van der Waals surface area (Å²) in [5, 5.41) is 7.10.